The van der Waals surface area contributed by atoms with Gasteiger partial charge >= 0.3 is 0 Å². The van der Waals surface area contributed by atoms with E-state index in [1.54, 1.807) is 6.20 Å². The highest BCUT2D eigenvalue weighted by Gasteiger charge is 2.27. The fraction of sp³-hybridized carbons (Fsp3) is 0.357. The van der Waals surface area contributed by atoms with Crippen LogP contribution in [0.1, 0.15) is 12.0 Å². The second-order valence-electron chi connectivity index (χ2n) is 4.97. The highest BCUT2D eigenvalue weighted by molar-refractivity contribution is 7.91. The number of pyridine rings is 1. The number of fused-ring (bicyclic) bond motifs is 1. The third-order valence-electron chi connectivity index (χ3n) is 3.53. The Bertz CT molecular complexity index is 692. The molecule has 0 amide bonds. The fourth-order valence-corrected chi connectivity index (χ4v) is 4.23. The minimum absolute atomic E-state index is 0.0731. The number of rotatable bonds is 3. The number of hydrogen-bond donors (Lipinski definition) is 1. The highest BCUT2D eigenvalue weighted by Crippen LogP contribution is 2.17. The lowest BCUT2D eigenvalue weighted by atomic mass is 10.1. The Morgan fingerprint density at radius 3 is 2.89 bits per heavy atom. The molecule has 19 heavy (non-hydrogen) atoms. The number of hydrogen-bond acceptors (Lipinski definition) is 4. The molecular formula is C14H16N2O2S. The van der Waals surface area contributed by atoms with E-state index in [1.807, 2.05) is 30.3 Å². The average Bonchev–Trinajstić information content (AvgIpc) is 2.76. The summed E-state index contributed by atoms with van der Waals surface area (Å²) in [5, 5.41) is 4.44. The van der Waals surface area contributed by atoms with Crippen molar-refractivity contribution < 1.29 is 8.42 Å². The Morgan fingerprint density at radius 2 is 2.11 bits per heavy atom. The third-order valence-corrected chi connectivity index (χ3v) is 5.30. The minimum Gasteiger partial charge on any atom is -0.309 e. The van der Waals surface area contributed by atoms with Crippen LogP contribution in [0.3, 0.4) is 0 Å². The summed E-state index contributed by atoms with van der Waals surface area (Å²) in [6.07, 6.45) is 2.49. The second-order valence-corrected chi connectivity index (χ2v) is 7.20. The Hall–Kier alpha value is -1.46. The molecule has 1 saturated heterocycles. The highest BCUT2D eigenvalue weighted by atomic mass is 32.2. The van der Waals surface area contributed by atoms with Gasteiger partial charge in [-0.3, -0.25) is 4.98 Å². The van der Waals surface area contributed by atoms with Crippen molar-refractivity contribution in [2.45, 2.75) is 19.0 Å². The molecule has 1 unspecified atom stereocenters. The van der Waals surface area contributed by atoms with E-state index in [0.717, 1.165) is 16.5 Å². The first kappa shape index (κ1) is 12.6. The number of aromatic nitrogens is 1. The van der Waals surface area contributed by atoms with Crippen LogP contribution in [0.4, 0.5) is 0 Å². The van der Waals surface area contributed by atoms with Crippen molar-refractivity contribution in [1.29, 1.82) is 0 Å². The number of sulfone groups is 1. The first-order valence-corrected chi connectivity index (χ1v) is 8.23. The lowest BCUT2D eigenvalue weighted by Crippen LogP contribution is -2.29. The van der Waals surface area contributed by atoms with Gasteiger partial charge in [0, 0.05) is 24.2 Å². The van der Waals surface area contributed by atoms with Crippen molar-refractivity contribution in [3.8, 4) is 0 Å². The van der Waals surface area contributed by atoms with Crippen LogP contribution in [0.2, 0.25) is 0 Å². The van der Waals surface area contributed by atoms with E-state index < -0.39 is 9.84 Å². The standard InChI is InChI=1S/C14H16N2O2S/c17-19(18)8-6-13(10-19)16-9-12-4-1-3-11-5-2-7-15-14(11)12/h1-5,7,13,16H,6,8-10H2. The number of benzene rings is 1. The van der Waals surface area contributed by atoms with Crippen LogP contribution in [0.5, 0.6) is 0 Å². The van der Waals surface area contributed by atoms with Crippen molar-refractivity contribution in [1.82, 2.24) is 10.3 Å². The van der Waals surface area contributed by atoms with Crippen molar-refractivity contribution in [2.24, 2.45) is 0 Å². The van der Waals surface area contributed by atoms with Crippen LogP contribution in [0.15, 0.2) is 36.5 Å². The number of nitrogens with zero attached hydrogens (tertiary/aromatic N) is 1. The largest absolute Gasteiger partial charge is 0.309 e. The molecule has 0 saturated carbocycles. The maximum absolute atomic E-state index is 11.4. The van der Waals surface area contributed by atoms with E-state index in [9.17, 15) is 8.42 Å². The third kappa shape index (κ3) is 2.77. The van der Waals surface area contributed by atoms with Gasteiger partial charge in [-0.1, -0.05) is 24.3 Å². The van der Waals surface area contributed by atoms with Crippen molar-refractivity contribution in [3.05, 3.63) is 42.1 Å². The summed E-state index contributed by atoms with van der Waals surface area (Å²) in [5.41, 5.74) is 2.10. The van der Waals surface area contributed by atoms with Gasteiger partial charge in [0.1, 0.15) is 0 Å². The zero-order valence-electron chi connectivity index (χ0n) is 10.5. The van der Waals surface area contributed by atoms with Gasteiger partial charge in [0.2, 0.25) is 0 Å². The first-order valence-electron chi connectivity index (χ1n) is 6.40. The van der Waals surface area contributed by atoms with E-state index in [-0.39, 0.29) is 11.8 Å². The summed E-state index contributed by atoms with van der Waals surface area (Å²) >= 11 is 0. The summed E-state index contributed by atoms with van der Waals surface area (Å²) in [4.78, 5) is 4.40. The van der Waals surface area contributed by atoms with Gasteiger partial charge in [0.15, 0.2) is 9.84 Å². The molecule has 0 bridgehead atoms. The molecule has 1 aliphatic rings. The van der Waals surface area contributed by atoms with Gasteiger partial charge in [-0.25, -0.2) is 8.42 Å². The van der Waals surface area contributed by atoms with Crippen molar-refractivity contribution in [2.75, 3.05) is 11.5 Å². The molecule has 1 aromatic heterocycles. The number of nitrogens with one attached hydrogen (secondary N) is 1. The van der Waals surface area contributed by atoms with Gasteiger partial charge in [-0.2, -0.15) is 0 Å². The zero-order chi connectivity index (χ0) is 13.3. The molecule has 5 heteroatoms. The predicted molar refractivity (Wildman–Crippen MR) is 75.6 cm³/mol. The molecular weight excluding hydrogens is 260 g/mol. The van der Waals surface area contributed by atoms with E-state index in [1.165, 1.54) is 0 Å². The summed E-state index contributed by atoms with van der Waals surface area (Å²) in [6, 6.07) is 10.1. The Balaban J connectivity index is 1.76. The molecule has 100 valence electrons. The van der Waals surface area contributed by atoms with Gasteiger partial charge in [0.25, 0.3) is 0 Å². The van der Waals surface area contributed by atoms with E-state index in [2.05, 4.69) is 10.3 Å². The Kier molecular flexibility index (Phi) is 3.24. The van der Waals surface area contributed by atoms with E-state index >= 15 is 0 Å². The Labute approximate surface area is 112 Å². The topological polar surface area (TPSA) is 59.1 Å². The average molecular weight is 276 g/mol. The van der Waals surface area contributed by atoms with E-state index in [0.29, 0.717) is 18.7 Å². The SMILES string of the molecule is O=S1(=O)CCC(NCc2cccc3cccnc23)C1. The number of para-hydroxylation sites is 1. The summed E-state index contributed by atoms with van der Waals surface area (Å²) in [6.45, 7) is 0.661. The molecule has 1 N–H and O–H groups in total. The predicted octanol–water partition coefficient (Wildman–Crippen LogP) is 1.51. The van der Waals surface area contributed by atoms with Crippen LogP contribution in [-0.2, 0) is 16.4 Å². The molecule has 1 aromatic carbocycles. The summed E-state index contributed by atoms with van der Waals surface area (Å²) in [7, 11) is -2.82. The van der Waals surface area contributed by atoms with Crippen molar-refractivity contribution in [3.63, 3.8) is 0 Å². The zero-order valence-corrected chi connectivity index (χ0v) is 11.4. The smallest absolute Gasteiger partial charge is 0.151 e. The maximum atomic E-state index is 11.4. The van der Waals surface area contributed by atoms with Crippen LogP contribution in [0.25, 0.3) is 10.9 Å². The van der Waals surface area contributed by atoms with Crippen molar-refractivity contribution >= 4 is 20.7 Å². The molecule has 3 rings (SSSR count). The first-order chi connectivity index (χ1) is 9.14. The monoisotopic (exact) mass is 276 g/mol. The minimum atomic E-state index is -2.82. The summed E-state index contributed by atoms with van der Waals surface area (Å²) in [5.74, 6) is 0.559. The molecule has 0 radical (unpaired) electrons. The molecule has 2 heterocycles. The van der Waals surface area contributed by atoms with E-state index in [4.69, 9.17) is 0 Å². The molecule has 1 atom stereocenters. The molecule has 0 aliphatic carbocycles. The fourth-order valence-electron chi connectivity index (χ4n) is 2.52. The normalized spacial score (nSPS) is 21.8. The van der Waals surface area contributed by atoms with Gasteiger partial charge in [-0.15, -0.1) is 0 Å². The van der Waals surface area contributed by atoms with Gasteiger partial charge < -0.3 is 5.32 Å². The second kappa shape index (κ2) is 4.90. The maximum Gasteiger partial charge on any atom is 0.151 e. The van der Waals surface area contributed by atoms with Crippen LogP contribution < -0.4 is 5.32 Å². The molecule has 2 aromatic rings. The quantitative estimate of drug-likeness (QED) is 0.923. The summed E-state index contributed by atoms with van der Waals surface area (Å²) < 4.78 is 22.8. The van der Waals surface area contributed by atoms with Crippen LogP contribution in [0, 0.1) is 0 Å². The van der Waals surface area contributed by atoms with Crippen LogP contribution in [-0.4, -0.2) is 30.9 Å². The molecule has 0 spiro atoms. The lowest BCUT2D eigenvalue weighted by Gasteiger charge is -2.11. The Morgan fingerprint density at radius 1 is 1.26 bits per heavy atom. The van der Waals surface area contributed by atoms with Gasteiger partial charge in [-0.05, 0) is 18.1 Å². The lowest BCUT2D eigenvalue weighted by molar-refractivity contribution is 0.555. The molecule has 1 fully saturated rings. The van der Waals surface area contributed by atoms with Crippen LogP contribution >= 0.6 is 0 Å². The van der Waals surface area contributed by atoms with Gasteiger partial charge in [0.05, 0.1) is 17.0 Å². The molecule has 1 aliphatic heterocycles. The molecule has 4 nitrogen and oxygen atoms in total.